The van der Waals surface area contributed by atoms with Crippen LogP contribution in [0.3, 0.4) is 0 Å². The summed E-state index contributed by atoms with van der Waals surface area (Å²) in [4.78, 5) is 43.7. The average Bonchev–Trinajstić information content (AvgIpc) is 2.87. The van der Waals surface area contributed by atoms with Gasteiger partial charge in [-0.25, -0.2) is 0 Å². The van der Waals surface area contributed by atoms with Crippen LogP contribution in [-0.4, -0.2) is 78.9 Å². The summed E-state index contributed by atoms with van der Waals surface area (Å²) in [5.41, 5.74) is 1.51. The molecule has 2 heterocycles. The van der Waals surface area contributed by atoms with Gasteiger partial charge >= 0.3 is 11.8 Å². The molecule has 174 valence electrons. The molecule has 0 saturated carbocycles. The van der Waals surface area contributed by atoms with Crippen LogP contribution in [0.1, 0.15) is 28.8 Å². The smallest absolute Gasteiger partial charge is 0.312 e. The Balaban J connectivity index is 1.35. The summed E-state index contributed by atoms with van der Waals surface area (Å²) in [6.07, 6.45) is 1.29. The maximum atomic E-state index is 13.0. The van der Waals surface area contributed by atoms with Crippen LogP contribution >= 0.6 is 0 Å². The first-order chi connectivity index (χ1) is 16.0. The third-order valence-corrected chi connectivity index (χ3v) is 6.35. The van der Waals surface area contributed by atoms with Crippen LogP contribution in [-0.2, 0) is 16.1 Å². The Bertz CT molecular complexity index is 996. The largest absolute Gasteiger partial charge is 0.497 e. The summed E-state index contributed by atoms with van der Waals surface area (Å²) in [5.74, 6) is 0.127. The van der Waals surface area contributed by atoms with Gasteiger partial charge in [-0.2, -0.15) is 0 Å². The number of rotatable bonds is 6. The zero-order valence-electron chi connectivity index (χ0n) is 19.0. The molecule has 0 aromatic heterocycles. The van der Waals surface area contributed by atoms with E-state index in [1.165, 1.54) is 0 Å². The number of benzene rings is 2. The van der Waals surface area contributed by atoms with Crippen LogP contribution in [0.4, 0.5) is 0 Å². The van der Waals surface area contributed by atoms with Crippen molar-refractivity contribution in [3.05, 3.63) is 59.7 Å². The third kappa shape index (κ3) is 4.94. The molecule has 3 amide bonds. The van der Waals surface area contributed by atoms with Gasteiger partial charge in [0, 0.05) is 50.4 Å². The van der Waals surface area contributed by atoms with E-state index in [0.29, 0.717) is 62.6 Å². The lowest BCUT2D eigenvalue weighted by Crippen LogP contribution is -2.59. The van der Waals surface area contributed by atoms with Gasteiger partial charge in [0.05, 0.1) is 14.2 Å². The fourth-order valence-corrected chi connectivity index (χ4v) is 4.49. The predicted octanol–water partition coefficient (Wildman–Crippen LogP) is 2.18. The van der Waals surface area contributed by atoms with Crippen molar-refractivity contribution < 1.29 is 23.9 Å². The number of amides is 3. The van der Waals surface area contributed by atoms with E-state index in [1.807, 2.05) is 30.3 Å². The molecule has 0 unspecified atom stereocenters. The van der Waals surface area contributed by atoms with Crippen molar-refractivity contribution in [2.45, 2.75) is 25.4 Å². The number of hydrogen-bond acceptors (Lipinski definition) is 5. The van der Waals surface area contributed by atoms with E-state index >= 15 is 0 Å². The lowest BCUT2D eigenvalue weighted by molar-refractivity contribution is -0.158. The lowest BCUT2D eigenvalue weighted by Gasteiger charge is -2.42. The Labute approximate surface area is 193 Å². The number of ether oxygens (including phenoxy) is 2. The van der Waals surface area contributed by atoms with Gasteiger partial charge in [0.1, 0.15) is 11.5 Å². The highest BCUT2D eigenvalue weighted by molar-refractivity contribution is 6.35. The highest BCUT2D eigenvalue weighted by Crippen LogP contribution is 2.26. The first kappa shape index (κ1) is 22.6. The normalized spacial score (nSPS) is 17.3. The van der Waals surface area contributed by atoms with Crippen molar-refractivity contribution >= 4 is 17.7 Å². The number of piperidine rings is 1. The highest BCUT2D eigenvalue weighted by Gasteiger charge is 2.38. The van der Waals surface area contributed by atoms with Gasteiger partial charge in [0.2, 0.25) is 0 Å². The molecule has 4 rings (SSSR count). The SMILES string of the molecule is COc1cc(OC)cc(C(=O)N2CCC(N3CCN(Cc4ccccc4)C(=O)C3=O)CC2)c1. The van der Waals surface area contributed by atoms with Gasteiger partial charge in [-0.1, -0.05) is 30.3 Å². The average molecular weight is 452 g/mol. The Morgan fingerprint density at radius 2 is 1.52 bits per heavy atom. The monoisotopic (exact) mass is 451 g/mol. The first-order valence-electron chi connectivity index (χ1n) is 11.2. The molecule has 0 spiro atoms. The van der Waals surface area contributed by atoms with Crippen LogP contribution in [0.25, 0.3) is 0 Å². The van der Waals surface area contributed by atoms with Crippen molar-refractivity contribution in [2.24, 2.45) is 0 Å². The third-order valence-electron chi connectivity index (χ3n) is 6.35. The number of piperazine rings is 1. The van der Waals surface area contributed by atoms with Crippen molar-refractivity contribution in [3.63, 3.8) is 0 Å². The van der Waals surface area contributed by atoms with Gasteiger partial charge in [0.25, 0.3) is 5.91 Å². The van der Waals surface area contributed by atoms with Crippen molar-refractivity contribution in [3.8, 4) is 11.5 Å². The lowest BCUT2D eigenvalue weighted by atomic mass is 10.0. The number of nitrogens with zero attached hydrogens (tertiary/aromatic N) is 3. The molecule has 0 aliphatic carbocycles. The number of carbonyl (C=O) groups is 3. The summed E-state index contributed by atoms with van der Waals surface area (Å²) >= 11 is 0. The summed E-state index contributed by atoms with van der Waals surface area (Å²) in [5, 5.41) is 0. The zero-order chi connectivity index (χ0) is 23.4. The molecular weight excluding hydrogens is 422 g/mol. The van der Waals surface area contributed by atoms with Gasteiger partial charge in [-0.3, -0.25) is 14.4 Å². The standard InChI is InChI=1S/C25H29N3O5/c1-32-21-14-19(15-22(16-21)33-2)23(29)26-10-8-20(9-11-26)28-13-12-27(24(30)25(28)31)17-18-6-4-3-5-7-18/h3-7,14-16,20H,8-13,17H2,1-2H3. The molecule has 2 saturated heterocycles. The maximum absolute atomic E-state index is 13.0. The summed E-state index contributed by atoms with van der Waals surface area (Å²) < 4.78 is 10.5. The quantitative estimate of drug-likeness (QED) is 0.629. The van der Waals surface area contributed by atoms with Crippen LogP contribution in [0.15, 0.2) is 48.5 Å². The minimum Gasteiger partial charge on any atom is -0.497 e. The molecular formula is C25H29N3O5. The number of methoxy groups -OCH3 is 2. The van der Waals surface area contributed by atoms with Gasteiger partial charge in [-0.15, -0.1) is 0 Å². The van der Waals surface area contributed by atoms with E-state index in [9.17, 15) is 14.4 Å². The van der Waals surface area contributed by atoms with Crippen LogP contribution in [0, 0.1) is 0 Å². The number of carbonyl (C=O) groups excluding carboxylic acids is 3. The molecule has 8 nitrogen and oxygen atoms in total. The summed E-state index contributed by atoms with van der Waals surface area (Å²) in [6.45, 7) is 2.52. The molecule has 0 N–H and O–H groups in total. The predicted molar refractivity (Wildman–Crippen MR) is 122 cm³/mol. The van der Waals surface area contributed by atoms with E-state index in [0.717, 1.165) is 5.56 Å². The second-order valence-corrected chi connectivity index (χ2v) is 8.34. The molecule has 2 fully saturated rings. The van der Waals surface area contributed by atoms with E-state index < -0.39 is 11.8 Å². The Kier molecular flexibility index (Phi) is 6.82. The van der Waals surface area contributed by atoms with E-state index in [-0.39, 0.29) is 11.9 Å². The van der Waals surface area contributed by atoms with Crippen LogP contribution < -0.4 is 9.47 Å². The second kappa shape index (κ2) is 9.94. The van der Waals surface area contributed by atoms with E-state index in [1.54, 1.807) is 47.1 Å². The molecule has 2 aromatic rings. The van der Waals surface area contributed by atoms with Gasteiger partial charge < -0.3 is 24.2 Å². The fourth-order valence-electron chi connectivity index (χ4n) is 4.49. The molecule has 0 radical (unpaired) electrons. The van der Waals surface area contributed by atoms with Crippen LogP contribution in [0.5, 0.6) is 11.5 Å². The number of likely N-dealkylation sites (tertiary alicyclic amines) is 1. The highest BCUT2D eigenvalue weighted by atomic mass is 16.5. The molecule has 33 heavy (non-hydrogen) atoms. The zero-order valence-corrected chi connectivity index (χ0v) is 19.0. The Hall–Kier alpha value is -3.55. The first-order valence-corrected chi connectivity index (χ1v) is 11.2. The Morgan fingerprint density at radius 1 is 0.879 bits per heavy atom. The molecule has 0 bridgehead atoms. The fraction of sp³-hybridized carbons (Fsp3) is 0.400. The number of hydrogen-bond donors (Lipinski definition) is 0. The topological polar surface area (TPSA) is 79.4 Å². The molecule has 2 aromatic carbocycles. The van der Waals surface area contributed by atoms with E-state index in [4.69, 9.17) is 9.47 Å². The Morgan fingerprint density at radius 3 is 2.12 bits per heavy atom. The summed E-state index contributed by atoms with van der Waals surface area (Å²) in [7, 11) is 3.10. The van der Waals surface area contributed by atoms with Crippen molar-refractivity contribution in [2.75, 3.05) is 40.4 Å². The minimum absolute atomic E-state index is 0.0378. The molecule has 8 heteroatoms. The molecule has 2 aliphatic heterocycles. The second-order valence-electron chi connectivity index (χ2n) is 8.34. The van der Waals surface area contributed by atoms with Crippen LogP contribution in [0.2, 0.25) is 0 Å². The van der Waals surface area contributed by atoms with Crippen molar-refractivity contribution in [1.29, 1.82) is 0 Å². The minimum atomic E-state index is -0.452. The van der Waals surface area contributed by atoms with Gasteiger partial charge in [0.15, 0.2) is 0 Å². The van der Waals surface area contributed by atoms with Gasteiger partial charge in [-0.05, 0) is 30.5 Å². The summed E-state index contributed by atoms with van der Waals surface area (Å²) in [6, 6.07) is 14.8. The molecule has 2 aliphatic rings. The maximum Gasteiger partial charge on any atom is 0.312 e. The van der Waals surface area contributed by atoms with Crippen molar-refractivity contribution in [1.82, 2.24) is 14.7 Å². The molecule has 0 atom stereocenters. The van der Waals surface area contributed by atoms with E-state index in [2.05, 4.69) is 0 Å².